The maximum atomic E-state index is 12.1. The average Bonchev–Trinajstić information content (AvgIpc) is 3.16. The first-order valence-corrected chi connectivity index (χ1v) is 9.97. The summed E-state index contributed by atoms with van der Waals surface area (Å²) >= 11 is 8.49. The zero-order chi connectivity index (χ0) is 18.5. The second-order valence-corrected chi connectivity index (χ2v) is 7.92. The summed E-state index contributed by atoms with van der Waals surface area (Å²) in [7, 11) is 0. The number of thioether (sulfide) groups is 1. The number of nitrogens with zero attached hydrogens (tertiary/aromatic N) is 1. The minimum absolute atomic E-state index is 0.0839. The summed E-state index contributed by atoms with van der Waals surface area (Å²) in [5.74, 6) is -0.547. The molecule has 8 heteroatoms. The number of nitriles is 1. The van der Waals surface area contributed by atoms with Gasteiger partial charge in [0.1, 0.15) is 0 Å². The van der Waals surface area contributed by atoms with Crippen LogP contribution in [0, 0.1) is 11.3 Å². The van der Waals surface area contributed by atoms with E-state index in [4.69, 9.17) is 11.6 Å². The second kappa shape index (κ2) is 8.41. The highest BCUT2D eigenvalue weighted by Gasteiger charge is 2.30. The third-order valence-electron chi connectivity index (χ3n) is 3.72. The number of halogens is 1. The first-order valence-electron chi connectivity index (χ1n) is 7.72. The SMILES string of the molecule is N#CC1=C(SCC(=O)Nc2ccc(Cl)cc2)NC(=O)C[C@H]1c1cccs1. The molecular weight excluding hydrogens is 390 g/mol. The standard InChI is InChI=1S/C18H14ClN3O2S2/c19-11-3-5-12(6-4-11)21-17(24)10-26-18-14(9-20)13(8-16(23)22-18)15-2-1-7-25-15/h1-7,13H,8,10H2,(H,21,24)(H,22,23)/t13-/m1/s1. The number of carbonyl (C=O) groups is 2. The van der Waals surface area contributed by atoms with Gasteiger partial charge in [-0.2, -0.15) is 5.26 Å². The number of nitrogens with one attached hydrogen (secondary N) is 2. The number of thiophene rings is 1. The molecule has 0 fully saturated rings. The molecule has 132 valence electrons. The number of rotatable bonds is 5. The maximum absolute atomic E-state index is 12.1. The monoisotopic (exact) mass is 403 g/mol. The molecule has 1 aliphatic rings. The van der Waals surface area contributed by atoms with Gasteiger partial charge >= 0.3 is 0 Å². The Bertz CT molecular complexity index is 886. The van der Waals surface area contributed by atoms with Crippen LogP contribution in [0.5, 0.6) is 0 Å². The number of hydrogen-bond donors (Lipinski definition) is 2. The zero-order valence-electron chi connectivity index (χ0n) is 13.5. The molecule has 2 aromatic rings. The normalized spacial score (nSPS) is 16.8. The van der Waals surface area contributed by atoms with Gasteiger partial charge in [0.25, 0.3) is 0 Å². The molecule has 1 aromatic carbocycles. The van der Waals surface area contributed by atoms with Gasteiger partial charge in [0.2, 0.25) is 11.8 Å². The fourth-order valence-corrected chi connectivity index (χ4v) is 4.37. The lowest BCUT2D eigenvalue weighted by molar-refractivity contribution is -0.121. The predicted octanol–water partition coefficient (Wildman–Crippen LogP) is 4.11. The van der Waals surface area contributed by atoms with Crippen LogP contribution in [-0.4, -0.2) is 17.6 Å². The van der Waals surface area contributed by atoms with Crippen LogP contribution < -0.4 is 10.6 Å². The molecule has 0 bridgehead atoms. The summed E-state index contributed by atoms with van der Waals surface area (Å²) in [6, 6.07) is 12.8. The Morgan fingerprint density at radius 3 is 2.81 bits per heavy atom. The van der Waals surface area contributed by atoms with E-state index >= 15 is 0 Å². The van der Waals surface area contributed by atoms with Crippen molar-refractivity contribution in [3.63, 3.8) is 0 Å². The highest BCUT2D eigenvalue weighted by molar-refractivity contribution is 8.03. The number of amides is 2. The fraction of sp³-hybridized carbons (Fsp3) is 0.167. The van der Waals surface area contributed by atoms with Gasteiger partial charge < -0.3 is 10.6 Å². The molecule has 0 saturated heterocycles. The molecule has 26 heavy (non-hydrogen) atoms. The van der Waals surface area contributed by atoms with Gasteiger partial charge in [-0.25, -0.2) is 0 Å². The van der Waals surface area contributed by atoms with Crippen LogP contribution in [0.25, 0.3) is 0 Å². The Labute approximate surface area is 164 Å². The summed E-state index contributed by atoms with van der Waals surface area (Å²) in [6.45, 7) is 0. The van der Waals surface area contributed by atoms with Gasteiger partial charge in [-0.15, -0.1) is 11.3 Å². The quantitative estimate of drug-likeness (QED) is 0.786. The Balaban J connectivity index is 1.70. The van der Waals surface area contributed by atoms with E-state index in [9.17, 15) is 14.9 Å². The Hall–Kier alpha value is -2.27. The number of benzene rings is 1. The van der Waals surface area contributed by atoms with Gasteiger partial charge in [-0.1, -0.05) is 29.4 Å². The summed E-state index contributed by atoms with van der Waals surface area (Å²) in [5, 5.41) is 18.0. The lowest BCUT2D eigenvalue weighted by Gasteiger charge is -2.23. The maximum Gasteiger partial charge on any atom is 0.234 e. The molecule has 2 N–H and O–H groups in total. The first kappa shape index (κ1) is 18.5. The smallest absolute Gasteiger partial charge is 0.234 e. The van der Waals surface area contributed by atoms with Crippen LogP contribution in [0.1, 0.15) is 17.2 Å². The Morgan fingerprint density at radius 2 is 2.15 bits per heavy atom. The largest absolute Gasteiger partial charge is 0.325 e. The van der Waals surface area contributed by atoms with E-state index in [2.05, 4.69) is 16.7 Å². The van der Waals surface area contributed by atoms with Crippen molar-refractivity contribution in [2.45, 2.75) is 12.3 Å². The molecule has 0 unspecified atom stereocenters. The van der Waals surface area contributed by atoms with Crippen LogP contribution in [0.3, 0.4) is 0 Å². The number of hydrogen-bond acceptors (Lipinski definition) is 5. The van der Waals surface area contributed by atoms with Crippen molar-refractivity contribution in [3.05, 3.63) is 62.3 Å². The van der Waals surface area contributed by atoms with Crippen molar-refractivity contribution >= 4 is 52.2 Å². The fourth-order valence-electron chi connectivity index (χ4n) is 2.53. The molecule has 0 radical (unpaired) electrons. The minimum atomic E-state index is -0.254. The summed E-state index contributed by atoms with van der Waals surface area (Å²) in [6.07, 6.45) is 0.241. The molecule has 0 saturated carbocycles. The third-order valence-corrected chi connectivity index (χ3v) is 5.97. The number of allylic oxidation sites excluding steroid dienone is 1. The Kier molecular flexibility index (Phi) is 5.99. The van der Waals surface area contributed by atoms with Crippen LogP contribution in [0.2, 0.25) is 5.02 Å². The molecule has 3 rings (SSSR count). The van der Waals surface area contributed by atoms with Crippen molar-refractivity contribution in [1.82, 2.24) is 5.32 Å². The van der Waals surface area contributed by atoms with Crippen LogP contribution >= 0.6 is 34.7 Å². The molecule has 2 amide bonds. The van der Waals surface area contributed by atoms with E-state index in [1.807, 2.05) is 17.5 Å². The molecule has 0 aliphatic carbocycles. The van der Waals surface area contributed by atoms with Crippen molar-refractivity contribution in [2.24, 2.45) is 0 Å². The molecule has 1 aromatic heterocycles. The first-order chi connectivity index (χ1) is 12.6. The van der Waals surface area contributed by atoms with Gasteiger partial charge in [0.05, 0.1) is 22.4 Å². The zero-order valence-corrected chi connectivity index (χ0v) is 15.9. The van der Waals surface area contributed by atoms with Crippen molar-refractivity contribution in [2.75, 3.05) is 11.1 Å². The molecule has 1 aliphatic heterocycles. The minimum Gasteiger partial charge on any atom is -0.325 e. The van der Waals surface area contributed by atoms with E-state index in [1.54, 1.807) is 24.3 Å². The van der Waals surface area contributed by atoms with Crippen molar-refractivity contribution in [3.8, 4) is 6.07 Å². The molecule has 5 nitrogen and oxygen atoms in total. The van der Waals surface area contributed by atoms with E-state index in [0.717, 1.165) is 16.6 Å². The topological polar surface area (TPSA) is 82.0 Å². The highest BCUT2D eigenvalue weighted by atomic mass is 35.5. The molecule has 1 atom stereocenters. The summed E-state index contributed by atoms with van der Waals surface area (Å²) < 4.78 is 0. The van der Waals surface area contributed by atoms with Crippen LogP contribution in [0.15, 0.2) is 52.4 Å². The van der Waals surface area contributed by atoms with Gasteiger partial charge in [0.15, 0.2) is 0 Å². The molecule has 2 heterocycles. The number of anilines is 1. The summed E-state index contributed by atoms with van der Waals surface area (Å²) in [5.41, 5.74) is 1.13. The molecule has 0 spiro atoms. The Morgan fingerprint density at radius 1 is 1.38 bits per heavy atom. The lowest BCUT2D eigenvalue weighted by atomic mass is 9.93. The van der Waals surface area contributed by atoms with Crippen LogP contribution in [0.4, 0.5) is 5.69 Å². The third kappa shape index (κ3) is 4.47. The van der Waals surface area contributed by atoms with Gasteiger partial charge in [-0.3, -0.25) is 9.59 Å². The van der Waals surface area contributed by atoms with E-state index < -0.39 is 0 Å². The van der Waals surface area contributed by atoms with Gasteiger partial charge in [0, 0.05) is 27.9 Å². The average molecular weight is 404 g/mol. The van der Waals surface area contributed by atoms with E-state index in [0.29, 0.717) is 21.3 Å². The predicted molar refractivity (Wildman–Crippen MR) is 105 cm³/mol. The van der Waals surface area contributed by atoms with Crippen LogP contribution in [-0.2, 0) is 9.59 Å². The van der Waals surface area contributed by atoms with E-state index in [-0.39, 0.29) is 29.9 Å². The number of carbonyl (C=O) groups excluding carboxylic acids is 2. The second-order valence-electron chi connectivity index (χ2n) is 5.52. The molecular formula is C18H14ClN3O2S2. The van der Waals surface area contributed by atoms with E-state index in [1.165, 1.54) is 11.3 Å². The highest BCUT2D eigenvalue weighted by Crippen LogP contribution is 2.37. The van der Waals surface area contributed by atoms with Crippen molar-refractivity contribution < 1.29 is 9.59 Å². The van der Waals surface area contributed by atoms with Gasteiger partial charge in [-0.05, 0) is 35.7 Å². The lowest BCUT2D eigenvalue weighted by Crippen LogP contribution is -2.31. The van der Waals surface area contributed by atoms with Crippen molar-refractivity contribution in [1.29, 1.82) is 5.26 Å². The summed E-state index contributed by atoms with van der Waals surface area (Å²) in [4.78, 5) is 25.1.